The Hall–Kier alpha value is -2.71. The number of hydrogen-bond acceptors (Lipinski definition) is 4. The van der Waals surface area contributed by atoms with Gasteiger partial charge in [-0.2, -0.15) is 13.2 Å². The second-order valence-corrected chi connectivity index (χ2v) is 8.05. The minimum atomic E-state index is -4.39. The van der Waals surface area contributed by atoms with Crippen molar-refractivity contribution in [1.29, 1.82) is 0 Å². The third kappa shape index (κ3) is 3.85. The number of Topliss-reactive ketones (excluding diaryl/α,β-unsaturated/α-hetero) is 1. The predicted molar refractivity (Wildman–Crippen MR) is 102 cm³/mol. The van der Waals surface area contributed by atoms with Gasteiger partial charge >= 0.3 is 6.18 Å². The summed E-state index contributed by atoms with van der Waals surface area (Å²) in [5, 5.41) is 8.15. The van der Waals surface area contributed by atoms with Gasteiger partial charge in [0.2, 0.25) is 5.82 Å². The summed E-state index contributed by atoms with van der Waals surface area (Å²) in [7, 11) is 0. The van der Waals surface area contributed by atoms with Crippen molar-refractivity contribution in [2.75, 3.05) is 13.1 Å². The van der Waals surface area contributed by atoms with E-state index in [1.807, 2.05) is 0 Å². The maximum atomic E-state index is 13.3. The van der Waals surface area contributed by atoms with E-state index in [-0.39, 0.29) is 29.4 Å². The van der Waals surface area contributed by atoms with Gasteiger partial charge in [-0.05, 0) is 43.7 Å². The second-order valence-electron chi connectivity index (χ2n) is 8.05. The van der Waals surface area contributed by atoms with Gasteiger partial charge in [-0.3, -0.25) is 9.59 Å². The molecule has 3 heterocycles. The molecule has 0 N–H and O–H groups in total. The summed E-state index contributed by atoms with van der Waals surface area (Å²) in [5.41, 5.74) is -0.308. The van der Waals surface area contributed by atoms with E-state index in [2.05, 4.69) is 10.2 Å². The molecular weight excluding hydrogens is 397 g/mol. The molecule has 2 aliphatic heterocycles. The molecule has 1 aromatic heterocycles. The number of likely N-dealkylation sites (tertiary alicyclic amines) is 1. The summed E-state index contributed by atoms with van der Waals surface area (Å²) in [5.74, 6) is 0.318. The van der Waals surface area contributed by atoms with E-state index in [0.717, 1.165) is 6.07 Å². The van der Waals surface area contributed by atoms with Crippen LogP contribution < -0.4 is 0 Å². The summed E-state index contributed by atoms with van der Waals surface area (Å²) >= 11 is 0. The predicted octanol–water partition coefficient (Wildman–Crippen LogP) is 3.47. The van der Waals surface area contributed by atoms with Crippen LogP contribution in [0.1, 0.15) is 59.7 Å². The molecule has 1 fully saturated rings. The number of ketones is 1. The van der Waals surface area contributed by atoms with Gasteiger partial charge in [0.05, 0.1) is 5.56 Å². The minimum Gasteiger partial charge on any atom is -0.336 e. The molecule has 0 saturated carbocycles. The number of alkyl halides is 3. The molecule has 1 aromatic carbocycles. The summed E-state index contributed by atoms with van der Waals surface area (Å²) in [6.07, 6.45) is -2.18. The smallest absolute Gasteiger partial charge is 0.336 e. The van der Waals surface area contributed by atoms with Crippen molar-refractivity contribution in [1.82, 2.24) is 19.7 Å². The molecule has 30 heavy (non-hydrogen) atoms. The van der Waals surface area contributed by atoms with E-state index >= 15 is 0 Å². The van der Waals surface area contributed by atoms with Gasteiger partial charge in [0.25, 0.3) is 5.91 Å². The number of aromatic nitrogens is 3. The van der Waals surface area contributed by atoms with E-state index < -0.39 is 11.7 Å². The minimum absolute atomic E-state index is 0.0805. The van der Waals surface area contributed by atoms with Crippen molar-refractivity contribution >= 4 is 11.7 Å². The third-order valence-corrected chi connectivity index (χ3v) is 6.20. The van der Waals surface area contributed by atoms with Gasteiger partial charge in [-0.15, -0.1) is 10.2 Å². The van der Waals surface area contributed by atoms with Crippen LogP contribution in [-0.4, -0.2) is 44.4 Å². The Bertz CT molecular complexity index is 961. The number of amides is 1. The van der Waals surface area contributed by atoms with Crippen LogP contribution in [0.4, 0.5) is 13.2 Å². The molecule has 6 nitrogen and oxygen atoms in total. The van der Waals surface area contributed by atoms with Crippen LogP contribution >= 0.6 is 0 Å². The van der Waals surface area contributed by atoms with Crippen molar-refractivity contribution in [2.24, 2.45) is 5.92 Å². The number of benzene rings is 1. The standard InChI is InChI=1S/C21H23F3N4O2/c1-13(29)15-6-7-18-25-26-19(28(18)12-15)20(30)27-10-8-14(9-11-27)16-4-2-3-5-17(16)21(22,23)24/h2-5,14-15H,6-12H2,1H3. The molecule has 4 rings (SSSR count). The van der Waals surface area contributed by atoms with E-state index in [1.165, 1.54) is 12.1 Å². The lowest BCUT2D eigenvalue weighted by molar-refractivity contribution is -0.138. The van der Waals surface area contributed by atoms with Crippen LogP contribution in [0.3, 0.4) is 0 Å². The lowest BCUT2D eigenvalue weighted by Crippen LogP contribution is -2.40. The summed E-state index contributed by atoms with van der Waals surface area (Å²) in [6.45, 7) is 2.65. The molecule has 1 atom stereocenters. The Labute approximate surface area is 172 Å². The number of halogens is 3. The molecule has 0 spiro atoms. The number of aryl methyl sites for hydroxylation is 1. The maximum absolute atomic E-state index is 13.3. The zero-order valence-electron chi connectivity index (χ0n) is 16.7. The van der Waals surface area contributed by atoms with E-state index in [1.54, 1.807) is 22.5 Å². The van der Waals surface area contributed by atoms with Crippen LogP contribution in [-0.2, 0) is 23.9 Å². The maximum Gasteiger partial charge on any atom is 0.416 e. The van der Waals surface area contributed by atoms with Crippen molar-refractivity contribution in [3.63, 3.8) is 0 Å². The number of rotatable bonds is 3. The fourth-order valence-corrected chi connectivity index (χ4v) is 4.46. The monoisotopic (exact) mass is 420 g/mol. The Morgan fingerprint density at radius 2 is 1.77 bits per heavy atom. The molecule has 0 radical (unpaired) electrons. The average molecular weight is 420 g/mol. The largest absolute Gasteiger partial charge is 0.416 e. The Morgan fingerprint density at radius 1 is 1.07 bits per heavy atom. The third-order valence-electron chi connectivity index (χ3n) is 6.20. The van der Waals surface area contributed by atoms with Gasteiger partial charge in [-0.25, -0.2) is 0 Å². The summed E-state index contributed by atoms with van der Waals surface area (Å²) < 4.78 is 41.7. The molecule has 9 heteroatoms. The molecular formula is C21H23F3N4O2. The zero-order valence-corrected chi connectivity index (χ0v) is 16.7. The van der Waals surface area contributed by atoms with Crippen LogP contribution in [0.15, 0.2) is 24.3 Å². The highest BCUT2D eigenvalue weighted by Crippen LogP contribution is 2.38. The van der Waals surface area contributed by atoms with E-state index in [9.17, 15) is 22.8 Å². The van der Waals surface area contributed by atoms with Gasteiger partial charge in [0.15, 0.2) is 0 Å². The average Bonchev–Trinajstić information content (AvgIpc) is 3.16. The highest BCUT2D eigenvalue weighted by molar-refractivity contribution is 5.91. The van der Waals surface area contributed by atoms with Gasteiger partial charge in [-0.1, -0.05) is 18.2 Å². The van der Waals surface area contributed by atoms with Gasteiger partial charge in [0.1, 0.15) is 11.6 Å². The topological polar surface area (TPSA) is 68.1 Å². The second kappa shape index (κ2) is 7.85. The molecule has 2 aromatic rings. The number of fused-ring (bicyclic) bond motifs is 1. The normalized spacial score (nSPS) is 20.1. The highest BCUT2D eigenvalue weighted by atomic mass is 19.4. The number of carbonyl (C=O) groups excluding carboxylic acids is 2. The van der Waals surface area contributed by atoms with Gasteiger partial charge in [0, 0.05) is 32.0 Å². The number of carbonyl (C=O) groups is 2. The van der Waals surface area contributed by atoms with Crippen LogP contribution in [0.5, 0.6) is 0 Å². The van der Waals surface area contributed by atoms with Crippen molar-refractivity contribution in [2.45, 2.75) is 51.2 Å². The fraction of sp³-hybridized carbons (Fsp3) is 0.524. The lowest BCUT2D eigenvalue weighted by atomic mass is 9.86. The Balaban J connectivity index is 1.47. The molecule has 1 unspecified atom stereocenters. The molecule has 160 valence electrons. The first-order chi connectivity index (χ1) is 14.3. The molecule has 0 aliphatic carbocycles. The molecule has 2 aliphatic rings. The number of nitrogens with zero attached hydrogens (tertiary/aromatic N) is 4. The molecule has 1 saturated heterocycles. The SMILES string of the molecule is CC(=O)C1CCc2nnc(C(=O)N3CCC(c4ccccc4C(F)(F)F)CC3)n2C1. The zero-order chi connectivity index (χ0) is 21.5. The number of piperidine rings is 1. The van der Waals surface area contributed by atoms with Crippen LogP contribution in [0.25, 0.3) is 0 Å². The van der Waals surface area contributed by atoms with Crippen molar-refractivity contribution < 1.29 is 22.8 Å². The highest BCUT2D eigenvalue weighted by Gasteiger charge is 2.37. The molecule has 0 bridgehead atoms. The van der Waals surface area contributed by atoms with Crippen molar-refractivity contribution in [3.05, 3.63) is 47.0 Å². The Kier molecular flexibility index (Phi) is 5.38. The Morgan fingerprint density at radius 3 is 2.43 bits per heavy atom. The summed E-state index contributed by atoms with van der Waals surface area (Å²) in [6, 6.07) is 5.66. The van der Waals surface area contributed by atoms with Crippen LogP contribution in [0, 0.1) is 5.92 Å². The lowest BCUT2D eigenvalue weighted by Gasteiger charge is -2.33. The molecule has 1 amide bonds. The van der Waals surface area contributed by atoms with Crippen LogP contribution in [0.2, 0.25) is 0 Å². The van der Waals surface area contributed by atoms with Crippen molar-refractivity contribution in [3.8, 4) is 0 Å². The first-order valence-electron chi connectivity index (χ1n) is 10.1. The van der Waals surface area contributed by atoms with E-state index in [0.29, 0.717) is 56.7 Å². The van der Waals surface area contributed by atoms with E-state index in [4.69, 9.17) is 0 Å². The number of hydrogen-bond donors (Lipinski definition) is 0. The quantitative estimate of drug-likeness (QED) is 0.763. The van der Waals surface area contributed by atoms with Gasteiger partial charge < -0.3 is 9.47 Å². The fourth-order valence-electron chi connectivity index (χ4n) is 4.46. The summed E-state index contributed by atoms with van der Waals surface area (Å²) in [4.78, 5) is 26.4. The first kappa shape index (κ1) is 20.6. The first-order valence-corrected chi connectivity index (χ1v) is 10.1.